The Hall–Kier alpha value is -1.33. The molecule has 0 aliphatic rings. The highest BCUT2D eigenvalue weighted by atomic mass is 79.9. The molecule has 0 heterocycles. The molecule has 1 aromatic rings. The first-order valence-electron chi connectivity index (χ1n) is 7.04. The zero-order valence-electron chi connectivity index (χ0n) is 12.8. The number of nitrogens with zero attached hydrogens (tertiary/aromatic N) is 2. The number of anilines is 1. The molecule has 0 spiro atoms. The first-order valence-corrected chi connectivity index (χ1v) is 7.83. The number of aliphatic carboxylic acids is 1. The van der Waals surface area contributed by atoms with Crippen molar-refractivity contribution in [2.45, 2.75) is 13.3 Å². The number of carboxylic acid groups (broad SMARTS) is 1. The molecule has 1 N–H and O–H groups in total. The molecule has 0 saturated carbocycles. The summed E-state index contributed by atoms with van der Waals surface area (Å²) in [5.41, 5.74) is 2.02. The van der Waals surface area contributed by atoms with Crippen LogP contribution in [0.15, 0.2) is 28.7 Å². The Morgan fingerprint density at radius 1 is 1.29 bits per heavy atom. The Balaban J connectivity index is 2.89. The van der Waals surface area contributed by atoms with E-state index in [1.807, 2.05) is 18.2 Å². The Morgan fingerprint density at radius 3 is 2.52 bits per heavy atom. The van der Waals surface area contributed by atoms with Crippen LogP contribution in [0.5, 0.6) is 0 Å². The zero-order chi connectivity index (χ0) is 15.8. The van der Waals surface area contributed by atoms with Crippen molar-refractivity contribution in [3.63, 3.8) is 0 Å². The van der Waals surface area contributed by atoms with Gasteiger partial charge in [-0.2, -0.15) is 0 Å². The van der Waals surface area contributed by atoms with E-state index in [4.69, 9.17) is 5.11 Å². The minimum atomic E-state index is -0.940. The monoisotopic (exact) mass is 354 g/mol. The molecule has 0 unspecified atom stereocenters. The molecule has 4 nitrogen and oxygen atoms in total. The van der Waals surface area contributed by atoms with E-state index in [-0.39, 0.29) is 0 Å². The van der Waals surface area contributed by atoms with Gasteiger partial charge >= 0.3 is 5.97 Å². The molecule has 0 aliphatic carbocycles. The van der Waals surface area contributed by atoms with Crippen molar-refractivity contribution in [3.8, 4) is 0 Å². The fourth-order valence-electron chi connectivity index (χ4n) is 1.97. The van der Waals surface area contributed by atoms with Crippen molar-refractivity contribution in [2.75, 3.05) is 38.6 Å². The number of halogens is 1. The highest BCUT2D eigenvalue weighted by Gasteiger charge is 2.08. The van der Waals surface area contributed by atoms with Crippen molar-refractivity contribution in [2.24, 2.45) is 0 Å². The number of hydrogen-bond acceptors (Lipinski definition) is 3. The van der Waals surface area contributed by atoms with E-state index in [0.29, 0.717) is 0 Å². The van der Waals surface area contributed by atoms with E-state index in [1.165, 1.54) is 0 Å². The molecular weight excluding hydrogens is 332 g/mol. The third-order valence-electron chi connectivity index (χ3n) is 3.07. The Labute approximate surface area is 135 Å². The van der Waals surface area contributed by atoms with Gasteiger partial charge in [-0.05, 0) is 44.3 Å². The van der Waals surface area contributed by atoms with Crippen LogP contribution in [0.25, 0.3) is 6.08 Å². The highest BCUT2D eigenvalue weighted by molar-refractivity contribution is 9.10. The molecule has 0 aromatic heterocycles. The summed E-state index contributed by atoms with van der Waals surface area (Å²) in [4.78, 5) is 15.1. The predicted molar refractivity (Wildman–Crippen MR) is 91.9 cm³/mol. The van der Waals surface area contributed by atoms with Gasteiger partial charge in [-0.1, -0.05) is 28.9 Å². The molecule has 0 aliphatic heterocycles. The van der Waals surface area contributed by atoms with Crippen LogP contribution in [0.3, 0.4) is 0 Å². The first-order chi connectivity index (χ1) is 9.93. The smallest absolute Gasteiger partial charge is 0.328 e. The largest absolute Gasteiger partial charge is 0.478 e. The van der Waals surface area contributed by atoms with Crippen molar-refractivity contribution in [3.05, 3.63) is 34.3 Å². The average molecular weight is 355 g/mol. The van der Waals surface area contributed by atoms with Gasteiger partial charge in [0.05, 0.1) is 0 Å². The van der Waals surface area contributed by atoms with Crippen LogP contribution in [0.4, 0.5) is 5.69 Å². The average Bonchev–Trinajstić information content (AvgIpc) is 2.41. The fraction of sp³-hybridized carbons (Fsp3) is 0.438. The summed E-state index contributed by atoms with van der Waals surface area (Å²) in [7, 11) is 4.14. The van der Waals surface area contributed by atoms with Crippen LogP contribution in [-0.2, 0) is 4.79 Å². The number of rotatable bonds is 8. The van der Waals surface area contributed by atoms with Crippen LogP contribution < -0.4 is 4.90 Å². The summed E-state index contributed by atoms with van der Waals surface area (Å²) < 4.78 is 0.906. The molecule has 21 heavy (non-hydrogen) atoms. The molecule has 0 amide bonds. The van der Waals surface area contributed by atoms with Crippen LogP contribution >= 0.6 is 15.9 Å². The number of carbonyl (C=O) groups is 1. The van der Waals surface area contributed by atoms with Crippen molar-refractivity contribution in [1.82, 2.24) is 4.90 Å². The molecule has 5 heteroatoms. The van der Waals surface area contributed by atoms with Crippen LogP contribution in [0.2, 0.25) is 0 Å². The zero-order valence-corrected chi connectivity index (χ0v) is 14.4. The fourth-order valence-corrected chi connectivity index (χ4v) is 2.47. The van der Waals surface area contributed by atoms with E-state index < -0.39 is 5.97 Å². The van der Waals surface area contributed by atoms with E-state index in [2.05, 4.69) is 46.7 Å². The van der Waals surface area contributed by atoms with Gasteiger partial charge in [0.25, 0.3) is 0 Å². The van der Waals surface area contributed by atoms with Gasteiger partial charge in [0.15, 0.2) is 0 Å². The minimum absolute atomic E-state index is 0.866. The van der Waals surface area contributed by atoms with Crippen LogP contribution in [0, 0.1) is 0 Å². The lowest BCUT2D eigenvalue weighted by molar-refractivity contribution is -0.131. The quantitative estimate of drug-likeness (QED) is 0.727. The summed E-state index contributed by atoms with van der Waals surface area (Å²) in [6.07, 6.45) is 3.83. The molecule has 1 aromatic carbocycles. The van der Waals surface area contributed by atoms with Gasteiger partial charge in [0.1, 0.15) is 0 Å². The van der Waals surface area contributed by atoms with E-state index in [9.17, 15) is 4.79 Å². The second-order valence-corrected chi connectivity index (χ2v) is 6.02. The number of likely N-dealkylation sites (N-methyl/N-ethyl adjacent to an activating group) is 1. The van der Waals surface area contributed by atoms with Gasteiger partial charge in [-0.15, -0.1) is 0 Å². The van der Waals surface area contributed by atoms with Crippen molar-refractivity contribution in [1.29, 1.82) is 0 Å². The van der Waals surface area contributed by atoms with E-state index in [0.717, 1.165) is 47.9 Å². The summed E-state index contributed by atoms with van der Waals surface area (Å²) >= 11 is 3.52. The Bertz CT molecular complexity index is 501. The highest BCUT2D eigenvalue weighted by Crippen LogP contribution is 2.25. The third kappa shape index (κ3) is 6.31. The first kappa shape index (κ1) is 17.7. The molecule has 0 bridgehead atoms. The standard InChI is InChI=1S/C16H23BrN2O2/c1-4-9-19(11-10-18(2)3)14-7-5-13(15(17)12-14)6-8-16(20)21/h5-8,12H,4,9-11H2,1-3H3,(H,20,21)/b8-6+. The second-order valence-electron chi connectivity index (χ2n) is 5.17. The van der Waals surface area contributed by atoms with Gasteiger partial charge in [0.2, 0.25) is 0 Å². The maximum Gasteiger partial charge on any atom is 0.328 e. The predicted octanol–water partition coefficient (Wildman–Crippen LogP) is 3.32. The van der Waals surface area contributed by atoms with Crippen LogP contribution in [0.1, 0.15) is 18.9 Å². The Kier molecular flexibility index (Phi) is 7.47. The maximum absolute atomic E-state index is 10.6. The molecular formula is C16H23BrN2O2. The topological polar surface area (TPSA) is 43.8 Å². The van der Waals surface area contributed by atoms with Crippen LogP contribution in [-0.4, -0.2) is 49.7 Å². The maximum atomic E-state index is 10.6. The second kappa shape index (κ2) is 8.85. The third-order valence-corrected chi connectivity index (χ3v) is 3.75. The summed E-state index contributed by atoms with van der Waals surface area (Å²) in [6, 6.07) is 6.03. The number of carboxylic acids is 1. The molecule has 0 atom stereocenters. The van der Waals surface area contributed by atoms with Gasteiger partial charge in [-0.25, -0.2) is 4.79 Å². The van der Waals surface area contributed by atoms with E-state index in [1.54, 1.807) is 6.08 Å². The molecule has 1 rings (SSSR count). The lowest BCUT2D eigenvalue weighted by Crippen LogP contribution is -2.32. The summed E-state index contributed by atoms with van der Waals surface area (Å²) in [6.45, 7) is 5.14. The summed E-state index contributed by atoms with van der Waals surface area (Å²) in [5, 5.41) is 8.69. The SMILES string of the molecule is CCCN(CCN(C)C)c1ccc(/C=C/C(=O)O)c(Br)c1. The van der Waals surface area contributed by atoms with Crippen molar-refractivity contribution >= 4 is 33.7 Å². The van der Waals surface area contributed by atoms with E-state index >= 15 is 0 Å². The molecule has 116 valence electrons. The van der Waals surface area contributed by atoms with Crippen molar-refractivity contribution < 1.29 is 9.90 Å². The lowest BCUT2D eigenvalue weighted by Gasteiger charge is -2.26. The Morgan fingerprint density at radius 2 is 2.00 bits per heavy atom. The molecule has 0 radical (unpaired) electrons. The lowest BCUT2D eigenvalue weighted by atomic mass is 10.1. The number of hydrogen-bond donors (Lipinski definition) is 1. The molecule has 0 saturated heterocycles. The van der Waals surface area contributed by atoms with Gasteiger partial charge < -0.3 is 14.9 Å². The molecule has 0 fully saturated rings. The normalized spacial score (nSPS) is 11.3. The van der Waals surface area contributed by atoms with Gasteiger partial charge in [0, 0.05) is 35.9 Å². The minimum Gasteiger partial charge on any atom is -0.478 e. The summed E-state index contributed by atoms with van der Waals surface area (Å²) in [5.74, 6) is -0.940. The van der Waals surface area contributed by atoms with Gasteiger partial charge in [-0.3, -0.25) is 0 Å². The number of benzene rings is 1.